The van der Waals surface area contributed by atoms with Crippen LogP contribution in [-0.4, -0.2) is 51.9 Å². The number of nitrogens with zero attached hydrogens (tertiary/aromatic N) is 4. The summed E-state index contributed by atoms with van der Waals surface area (Å²) >= 11 is 1.30. The molecule has 0 spiro atoms. The molecule has 11 nitrogen and oxygen atoms in total. The van der Waals surface area contributed by atoms with Crippen molar-refractivity contribution < 1.29 is 19.4 Å². The summed E-state index contributed by atoms with van der Waals surface area (Å²) in [6.45, 7) is 4.77. The molecule has 1 aliphatic rings. The summed E-state index contributed by atoms with van der Waals surface area (Å²) in [4.78, 5) is 41.9. The molecule has 1 amide bonds. The summed E-state index contributed by atoms with van der Waals surface area (Å²) in [5.41, 5.74) is 0.348. The van der Waals surface area contributed by atoms with Gasteiger partial charge in [0.2, 0.25) is 0 Å². The van der Waals surface area contributed by atoms with Gasteiger partial charge in [0.05, 0.1) is 34.3 Å². The fourth-order valence-electron chi connectivity index (χ4n) is 3.66. The molecule has 0 bridgehead atoms. The molecule has 1 fully saturated rings. The Bertz CT molecular complexity index is 1200. The van der Waals surface area contributed by atoms with Gasteiger partial charge in [0.25, 0.3) is 17.3 Å². The molecule has 0 aliphatic carbocycles. The average molecular weight is 484 g/mol. The number of rotatable bonds is 7. The molecule has 0 radical (unpaired) electrons. The Morgan fingerprint density at radius 1 is 1.12 bits per heavy atom. The molecule has 2 heterocycles. The number of nitrogens with one attached hydrogen (secondary N) is 1. The van der Waals surface area contributed by atoms with Crippen LogP contribution in [-0.2, 0) is 11.3 Å². The Morgan fingerprint density at radius 2 is 1.74 bits per heavy atom. The lowest BCUT2D eigenvalue weighted by Gasteiger charge is -2.26. The Morgan fingerprint density at radius 3 is 2.32 bits per heavy atom. The number of ether oxygens (including phenoxy) is 1. The number of anilines is 1. The molecule has 1 saturated heterocycles. The summed E-state index contributed by atoms with van der Waals surface area (Å²) in [5, 5.41) is 25.7. The number of nitro groups is 2. The first-order valence-corrected chi connectivity index (χ1v) is 11.2. The highest BCUT2D eigenvalue weighted by atomic mass is 32.1. The molecule has 0 saturated carbocycles. The van der Waals surface area contributed by atoms with Crippen molar-refractivity contribution in [2.45, 2.75) is 13.5 Å². The number of hydrogen-bond donors (Lipinski definition) is 1. The second-order valence-electron chi connectivity index (χ2n) is 7.65. The van der Waals surface area contributed by atoms with E-state index in [9.17, 15) is 25.0 Å². The summed E-state index contributed by atoms with van der Waals surface area (Å²) in [5.74, 6) is -0.711. The van der Waals surface area contributed by atoms with E-state index in [1.54, 1.807) is 0 Å². The summed E-state index contributed by atoms with van der Waals surface area (Å²) in [7, 11) is 0. The lowest BCUT2D eigenvalue weighted by molar-refractivity contribution is -0.395. The Kier molecular flexibility index (Phi) is 6.91. The Hall–Kier alpha value is -3.74. The maximum atomic E-state index is 12.9. The molecule has 3 aromatic rings. The van der Waals surface area contributed by atoms with E-state index in [0.717, 1.165) is 41.4 Å². The fourth-order valence-corrected chi connectivity index (χ4v) is 4.68. The number of hydrogen-bond acceptors (Lipinski definition) is 9. The number of aromatic nitrogens is 1. The van der Waals surface area contributed by atoms with Crippen LogP contribution in [0.1, 0.15) is 20.8 Å². The zero-order valence-electron chi connectivity index (χ0n) is 18.2. The van der Waals surface area contributed by atoms with Crippen LogP contribution >= 0.6 is 11.3 Å². The first-order valence-electron chi connectivity index (χ1n) is 10.4. The molecule has 0 unspecified atom stereocenters. The van der Waals surface area contributed by atoms with Crippen molar-refractivity contribution in [3.63, 3.8) is 0 Å². The fraction of sp³-hybridized carbons (Fsp3) is 0.273. The number of carbonyl (C=O) groups excluding carboxylic acids is 1. The number of amides is 1. The molecule has 176 valence electrons. The van der Waals surface area contributed by atoms with Crippen LogP contribution in [0.25, 0.3) is 11.3 Å². The minimum absolute atomic E-state index is 0.111. The van der Waals surface area contributed by atoms with Gasteiger partial charge in [-0.1, -0.05) is 41.7 Å². The topological polar surface area (TPSA) is 141 Å². The van der Waals surface area contributed by atoms with E-state index in [0.29, 0.717) is 24.9 Å². The van der Waals surface area contributed by atoms with Crippen molar-refractivity contribution in [1.82, 2.24) is 9.88 Å². The average Bonchev–Trinajstić information content (AvgIpc) is 3.21. The zero-order chi connectivity index (χ0) is 24.2. The van der Waals surface area contributed by atoms with Crippen LogP contribution in [0.2, 0.25) is 0 Å². The van der Waals surface area contributed by atoms with Gasteiger partial charge in [-0.2, -0.15) is 0 Å². The minimum atomic E-state index is -0.740. The second kappa shape index (κ2) is 10.0. The lowest BCUT2D eigenvalue weighted by atomic mass is 10.1. The third-order valence-corrected chi connectivity index (χ3v) is 6.40. The lowest BCUT2D eigenvalue weighted by Crippen LogP contribution is -2.35. The van der Waals surface area contributed by atoms with Gasteiger partial charge in [0, 0.05) is 42.2 Å². The van der Waals surface area contributed by atoms with Crippen LogP contribution in [0.3, 0.4) is 0 Å². The molecule has 1 N–H and O–H groups in total. The standard InChI is InChI=1S/C22H21N5O6S/c1-14-17(26(29)30)11-16(12-18(14)27(31)32)21(28)24-22-23-20(15-5-3-2-4-6-15)19(34-22)13-25-7-9-33-10-8-25/h2-6,11-12H,7-10,13H2,1H3,(H,23,24,28). The third-order valence-electron chi connectivity index (χ3n) is 5.44. The van der Waals surface area contributed by atoms with E-state index in [1.165, 1.54) is 18.3 Å². The normalized spacial score (nSPS) is 14.0. The molecular weight excluding hydrogens is 462 g/mol. The molecule has 0 atom stereocenters. The second-order valence-corrected chi connectivity index (χ2v) is 8.74. The van der Waals surface area contributed by atoms with Gasteiger partial charge in [-0.05, 0) is 6.92 Å². The van der Waals surface area contributed by atoms with Crippen LogP contribution in [0.4, 0.5) is 16.5 Å². The molecule has 2 aromatic carbocycles. The molecular formula is C22H21N5O6S. The predicted octanol–water partition coefficient (Wildman–Crippen LogP) is 4.02. The van der Waals surface area contributed by atoms with Crippen molar-refractivity contribution in [1.29, 1.82) is 0 Å². The van der Waals surface area contributed by atoms with E-state index >= 15 is 0 Å². The van der Waals surface area contributed by atoms with E-state index in [2.05, 4.69) is 15.2 Å². The minimum Gasteiger partial charge on any atom is -0.379 e. The van der Waals surface area contributed by atoms with Crippen LogP contribution in [0.5, 0.6) is 0 Å². The maximum Gasteiger partial charge on any atom is 0.279 e. The Balaban J connectivity index is 1.65. The highest BCUT2D eigenvalue weighted by Gasteiger charge is 2.26. The van der Waals surface area contributed by atoms with Crippen molar-refractivity contribution in [3.8, 4) is 11.3 Å². The third kappa shape index (κ3) is 5.09. The number of morpholine rings is 1. The number of carbonyl (C=O) groups is 1. The van der Waals surface area contributed by atoms with E-state index in [1.807, 2.05) is 30.3 Å². The summed E-state index contributed by atoms with van der Waals surface area (Å²) in [6.07, 6.45) is 0. The van der Waals surface area contributed by atoms with Gasteiger partial charge in [-0.15, -0.1) is 0 Å². The van der Waals surface area contributed by atoms with Gasteiger partial charge in [-0.25, -0.2) is 4.98 Å². The van der Waals surface area contributed by atoms with E-state index in [4.69, 9.17) is 4.74 Å². The SMILES string of the molecule is Cc1c([N+](=O)[O-])cc(C(=O)Nc2nc(-c3ccccc3)c(CN3CCOCC3)s2)cc1[N+](=O)[O-]. The van der Waals surface area contributed by atoms with Crippen molar-refractivity contribution in [2.75, 3.05) is 31.6 Å². The quantitative estimate of drug-likeness (QED) is 0.392. The van der Waals surface area contributed by atoms with Crippen LogP contribution in [0, 0.1) is 27.2 Å². The number of nitro benzene ring substituents is 2. The largest absolute Gasteiger partial charge is 0.379 e. The van der Waals surface area contributed by atoms with E-state index < -0.39 is 27.1 Å². The smallest absolute Gasteiger partial charge is 0.279 e. The first-order chi connectivity index (χ1) is 16.3. The summed E-state index contributed by atoms with van der Waals surface area (Å²) < 4.78 is 5.41. The Labute approximate surface area is 198 Å². The monoisotopic (exact) mass is 483 g/mol. The molecule has 1 aliphatic heterocycles. The van der Waals surface area contributed by atoms with Gasteiger partial charge in [0.15, 0.2) is 5.13 Å². The van der Waals surface area contributed by atoms with Crippen molar-refractivity contribution >= 4 is 33.8 Å². The highest BCUT2D eigenvalue weighted by molar-refractivity contribution is 7.16. The van der Waals surface area contributed by atoms with Gasteiger partial charge in [-0.3, -0.25) is 35.2 Å². The summed E-state index contributed by atoms with van der Waals surface area (Å²) in [6, 6.07) is 11.6. The van der Waals surface area contributed by atoms with Crippen molar-refractivity contribution in [2.24, 2.45) is 0 Å². The highest BCUT2D eigenvalue weighted by Crippen LogP contribution is 2.34. The molecule has 12 heteroatoms. The molecule has 4 rings (SSSR count). The van der Waals surface area contributed by atoms with E-state index in [-0.39, 0.29) is 11.1 Å². The number of benzene rings is 2. The molecule has 34 heavy (non-hydrogen) atoms. The molecule has 1 aromatic heterocycles. The van der Waals surface area contributed by atoms with Crippen LogP contribution < -0.4 is 5.32 Å². The zero-order valence-corrected chi connectivity index (χ0v) is 19.0. The van der Waals surface area contributed by atoms with Crippen molar-refractivity contribution in [3.05, 3.63) is 78.7 Å². The first kappa shape index (κ1) is 23.4. The maximum absolute atomic E-state index is 12.9. The number of thiazole rings is 1. The van der Waals surface area contributed by atoms with Gasteiger partial charge >= 0.3 is 0 Å². The van der Waals surface area contributed by atoms with Crippen LogP contribution in [0.15, 0.2) is 42.5 Å². The van der Waals surface area contributed by atoms with Gasteiger partial charge < -0.3 is 4.74 Å². The van der Waals surface area contributed by atoms with Gasteiger partial charge in [0.1, 0.15) is 5.56 Å². The predicted molar refractivity (Wildman–Crippen MR) is 126 cm³/mol.